The molecule has 21 heavy (non-hydrogen) atoms. The minimum atomic E-state index is 0.271. The third-order valence-corrected chi connectivity index (χ3v) is 4.51. The number of allylic oxidation sites excluding steroid dienone is 1. The van der Waals surface area contributed by atoms with Crippen LogP contribution in [0.4, 0.5) is 0 Å². The molecule has 2 fully saturated rings. The Morgan fingerprint density at radius 1 is 1.05 bits per heavy atom. The van der Waals surface area contributed by atoms with Crippen LogP contribution in [0, 0.1) is 11.8 Å². The number of rotatable bonds is 6. The first-order valence-corrected chi connectivity index (χ1v) is 8.26. The van der Waals surface area contributed by atoms with E-state index in [1.807, 2.05) is 30.3 Å². The van der Waals surface area contributed by atoms with Crippen LogP contribution in [0.15, 0.2) is 30.3 Å². The molecule has 0 N–H and O–H groups in total. The molecule has 0 radical (unpaired) electrons. The lowest BCUT2D eigenvalue weighted by Crippen LogP contribution is -2.15. The van der Waals surface area contributed by atoms with Crippen molar-refractivity contribution in [1.29, 1.82) is 0 Å². The second-order valence-electron chi connectivity index (χ2n) is 6.39. The summed E-state index contributed by atoms with van der Waals surface area (Å²) >= 11 is 0. The zero-order chi connectivity index (χ0) is 14.5. The van der Waals surface area contributed by atoms with E-state index in [1.54, 1.807) is 6.08 Å². The zero-order valence-corrected chi connectivity index (χ0v) is 12.6. The summed E-state index contributed by atoms with van der Waals surface area (Å²) in [5.74, 6) is 2.24. The Balaban J connectivity index is 1.47. The van der Waals surface area contributed by atoms with Crippen molar-refractivity contribution in [3.8, 4) is 5.75 Å². The monoisotopic (exact) mass is 284 g/mol. The first-order chi connectivity index (χ1) is 10.3. The van der Waals surface area contributed by atoms with Gasteiger partial charge in [-0.25, -0.2) is 0 Å². The molecule has 1 aromatic carbocycles. The molecule has 0 amide bonds. The molecule has 0 atom stereocenters. The Labute approximate surface area is 127 Å². The summed E-state index contributed by atoms with van der Waals surface area (Å²) in [6.45, 7) is 0.843. The summed E-state index contributed by atoms with van der Waals surface area (Å²) < 4.78 is 5.88. The summed E-state index contributed by atoms with van der Waals surface area (Å²) in [4.78, 5) is 11.6. The van der Waals surface area contributed by atoms with Crippen molar-refractivity contribution in [3.05, 3.63) is 35.9 Å². The van der Waals surface area contributed by atoms with Gasteiger partial charge in [0.25, 0.3) is 0 Å². The van der Waals surface area contributed by atoms with E-state index in [2.05, 4.69) is 0 Å². The Morgan fingerprint density at radius 3 is 2.43 bits per heavy atom. The largest absolute Gasteiger partial charge is 0.493 e. The average Bonchev–Trinajstić information content (AvgIpc) is 3.37. The normalized spacial score (nSPS) is 19.8. The molecule has 0 heterocycles. The molecule has 2 nitrogen and oxygen atoms in total. The highest BCUT2D eigenvalue weighted by Crippen LogP contribution is 2.30. The van der Waals surface area contributed by atoms with E-state index in [-0.39, 0.29) is 5.78 Å². The van der Waals surface area contributed by atoms with E-state index < -0.39 is 0 Å². The van der Waals surface area contributed by atoms with E-state index in [1.165, 1.54) is 32.1 Å². The molecule has 2 heteroatoms. The maximum atomic E-state index is 11.6. The van der Waals surface area contributed by atoms with Gasteiger partial charge in [-0.1, -0.05) is 37.5 Å². The molecule has 2 aliphatic rings. The van der Waals surface area contributed by atoms with Crippen molar-refractivity contribution < 1.29 is 9.53 Å². The van der Waals surface area contributed by atoms with Crippen LogP contribution in [0.2, 0.25) is 0 Å². The number of hydrogen-bond donors (Lipinski definition) is 0. The van der Waals surface area contributed by atoms with E-state index in [0.717, 1.165) is 36.7 Å². The van der Waals surface area contributed by atoms with Crippen molar-refractivity contribution in [2.45, 2.75) is 44.9 Å². The topological polar surface area (TPSA) is 26.3 Å². The summed E-state index contributed by atoms with van der Waals surface area (Å²) in [5.41, 5.74) is 1.06. The molecule has 0 spiro atoms. The molecule has 0 aromatic heterocycles. The predicted molar refractivity (Wildman–Crippen MR) is 85.3 cm³/mol. The van der Waals surface area contributed by atoms with Crippen LogP contribution in [-0.2, 0) is 4.79 Å². The molecule has 2 aliphatic carbocycles. The third kappa shape index (κ3) is 4.45. The first kappa shape index (κ1) is 14.4. The van der Waals surface area contributed by atoms with Gasteiger partial charge in [0.05, 0.1) is 6.61 Å². The smallest absolute Gasteiger partial charge is 0.158 e. The highest BCUT2D eigenvalue weighted by atomic mass is 16.5. The lowest BCUT2D eigenvalue weighted by atomic mass is 9.90. The molecule has 0 saturated heterocycles. The van der Waals surface area contributed by atoms with E-state index >= 15 is 0 Å². The van der Waals surface area contributed by atoms with Crippen LogP contribution in [0.1, 0.15) is 50.5 Å². The summed E-state index contributed by atoms with van der Waals surface area (Å²) in [6, 6.07) is 8.05. The zero-order valence-electron chi connectivity index (χ0n) is 12.6. The fourth-order valence-electron chi connectivity index (χ4n) is 2.93. The molecule has 1 aromatic rings. The molecule has 0 aliphatic heterocycles. The SMILES string of the molecule is O=C(C=Cc1ccc(OCC2CCCCC2)cc1)C1CC1. The van der Waals surface area contributed by atoms with Gasteiger partial charge < -0.3 is 4.74 Å². The van der Waals surface area contributed by atoms with Crippen LogP contribution >= 0.6 is 0 Å². The maximum Gasteiger partial charge on any atom is 0.158 e. The maximum absolute atomic E-state index is 11.6. The summed E-state index contributed by atoms with van der Waals surface area (Å²) in [7, 11) is 0. The predicted octanol–water partition coefficient (Wildman–Crippen LogP) is 4.64. The van der Waals surface area contributed by atoms with Gasteiger partial charge in [0.1, 0.15) is 5.75 Å². The van der Waals surface area contributed by atoms with Crippen molar-refractivity contribution in [3.63, 3.8) is 0 Å². The number of ketones is 1. The van der Waals surface area contributed by atoms with Gasteiger partial charge in [-0.15, -0.1) is 0 Å². The van der Waals surface area contributed by atoms with Gasteiger partial charge in [0.2, 0.25) is 0 Å². The van der Waals surface area contributed by atoms with Gasteiger partial charge in [-0.05, 0) is 55.4 Å². The van der Waals surface area contributed by atoms with Crippen LogP contribution in [0.5, 0.6) is 5.75 Å². The molecular weight excluding hydrogens is 260 g/mol. The number of hydrogen-bond acceptors (Lipinski definition) is 2. The van der Waals surface area contributed by atoms with Crippen LogP contribution in [0.3, 0.4) is 0 Å². The van der Waals surface area contributed by atoms with Crippen molar-refractivity contribution in [2.75, 3.05) is 6.61 Å². The van der Waals surface area contributed by atoms with Crippen molar-refractivity contribution >= 4 is 11.9 Å². The lowest BCUT2D eigenvalue weighted by Gasteiger charge is -2.21. The van der Waals surface area contributed by atoms with E-state index in [4.69, 9.17) is 4.74 Å². The number of carbonyl (C=O) groups is 1. The second-order valence-corrected chi connectivity index (χ2v) is 6.39. The Morgan fingerprint density at radius 2 is 1.76 bits per heavy atom. The van der Waals surface area contributed by atoms with Gasteiger partial charge >= 0.3 is 0 Å². The molecule has 112 valence electrons. The van der Waals surface area contributed by atoms with Gasteiger partial charge in [-0.2, -0.15) is 0 Å². The summed E-state index contributed by atoms with van der Waals surface area (Å²) in [5, 5.41) is 0. The summed E-state index contributed by atoms with van der Waals surface area (Å²) in [6.07, 6.45) is 12.5. The van der Waals surface area contributed by atoms with E-state index in [9.17, 15) is 4.79 Å². The van der Waals surface area contributed by atoms with E-state index in [0.29, 0.717) is 5.92 Å². The standard InChI is InChI=1S/C19H24O2/c20-19(17-9-10-17)13-8-15-6-11-18(12-7-15)21-14-16-4-2-1-3-5-16/h6-8,11-13,16-17H,1-5,9-10,14H2. The average molecular weight is 284 g/mol. The van der Waals surface area contributed by atoms with Gasteiger partial charge in [0, 0.05) is 5.92 Å². The van der Waals surface area contributed by atoms with Gasteiger partial charge in [-0.3, -0.25) is 4.79 Å². The Bertz CT molecular complexity index is 491. The highest BCUT2D eigenvalue weighted by Gasteiger charge is 2.27. The fourth-order valence-corrected chi connectivity index (χ4v) is 2.93. The van der Waals surface area contributed by atoms with Crippen LogP contribution in [-0.4, -0.2) is 12.4 Å². The molecular formula is C19H24O2. The number of carbonyl (C=O) groups excluding carboxylic acids is 1. The number of ether oxygens (including phenoxy) is 1. The first-order valence-electron chi connectivity index (χ1n) is 8.26. The Hall–Kier alpha value is -1.57. The molecule has 2 saturated carbocycles. The minimum absolute atomic E-state index is 0.271. The van der Waals surface area contributed by atoms with Crippen LogP contribution in [0.25, 0.3) is 6.08 Å². The lowest BCUT2D eigenvalue weighted by molar-refractivity contribution is -0.115. The Kier molecular flexibility index (Phi) is 4.74. The molecule has 0 unspecified atom stereocenters. The second kappa shape index (κ2) is 6.93. The highest BCUT2D eigenvalue weighted by molar-refractivity contribution is 5.96. The molecule has 3 rings (SSSR count). The third-order valence-electron chi connectivity index (χ3n) is 4.51. The fraction of sp³-hybridized carbons (Fsp3) is 0.526. The molecule has 0 bridgehead atoms. The van der Waals surface area contributed by atoms with Crippen molar-refractivity contribution in [2.24, 2.45) is 11.8 Å². The van der Waals surface area contributed by atoms with Gasteiger partial charge in [0.15, 0.2) is 5.78 Å². The van der Waals surface area contributed by atoms with Crippen molar-refractivity contribution in [1.82, 2.24) is 0 Å². The quantitative estimate of drug-likeness (QED) is 0.711. The minimum Gasteiger partial charge on any atom is -0.493 e. The number of benzene rings is 1. The van der Waals surface area contributed by atoms with Crippen LogP contribution < -0.4 is 4.74 Å².